The van der Waals surface area contributed by atoms with E-state index in [1.54, 1.807) is 0 Å². The minimum absolute atomic E-state index is 0.00830. The monoisotopic (exact) mass is 288 g/mol. The molecule has 0 fully saturated rings. The molecule has 0 aliphatic heterocycles. The number of ether oxygens (including phenoxy) is 2. The Hall–Kier alpha value is -1.14. The topological polar surface area (TPSA) is 76.7 Å². The van der Waals surface area contributed by atoms with E-state index < -0.39 is 0 Å². The highest BCUT2D eigenvalue weighted by Crippen LogP contribution is 2.05. The third kappa shape index (κ3) is 13.3. The Morgan fingerprint density at radius 3 is 2.05 bits per heavy atom. The second-order valence-electron chi connectivity index (χ2n) is 6.60. The smallest absolute Gasteiger partial charge is 0.246 e. The summed E-state index contributed by atoms with van der Waals surface area (Å²) >= 11 is 0. The predicted octanol–water partition coefficient (Wildman–Crippen LogP) is 0.849. The molecule has 0 heterocycles. The van der Waals surface area contributed by atoms with Gasteiger partial charge in [-0.15, -0.1) is 0 Å². The molecule has 0 saturated heterocycles. The van der Waals surface area contributed by atoms with Gasteiger partial charge < -0.3 is 20.1 Å². The quantitative estimate of drug-likeness (QED) is 0.681. The third-order valence-electron chi connectivity index (χ3n) is 1.95. The van der Waals surface area contributed by atoms with Gasteiger partial charge in [-0.25, -0.2) is 0 Å². The van der Waals surface area contributed by atoms with E-state index in [1.807, 2.05) is 41.5 Å². The summed E-state index contributed by atoms with van der Waals surface area (Å²) < 4.78 is 10.5. The van der Waals surface area contributed by atoms with Crippen molar-refractivity contribution in [3.05, 3.63) is 0 Å². The van der Waals surface area contributed by atoms with Gasteiger partial charge in [0.15, 0.2) is 0 Å². The zero-order chi connectivity index (χ0) is 15.8. The number of hydrogen-bond donors (Lipinski definition) is 2. The van der Waals surface area contributed by atoms with Gasteiger partial charge >= 0.3 is 0 Å². The van der Waals surface area contributed by atoms with Crippen molar-refractivity contribution >= 4 is 11.8 Å². The molecule has 0 atom stereocenters. The highest BCUT2D eigenvalue weighted by atomic mass is 16.5. The zero-order valence-corrected chi connectivity index (χ0v) is 13.5. The van der Waals surface area contributed by atoms with Gasteiger partial charge in [-0.1, -0.05) is 0 Å². The van der Waals surface area contributed by atoms with E-state index in [0.717, 1.165) is 0 Å². The molecule has 0 aromatic carbocycles. The predicted molar refractivity (Wildman–Crippen MR) is 77.4 cm³/mol. The van der Waals surface area contributed by atoms with Crippen LogP contribution in [0.25, 0.3) is 0 Å². The number of hydrogen-bond acceptors (Lipinski definition) is 4. The highest BCUT2D eigenvalue weighted by molar-refractivity contribution is 5.78. The fourth-order valence-corrected chi connectivity index (χ4v) is 1.21. The molecule has 0 aliphatic carbocycles. The van der Waals surface area contributed by atoms with Crippen molar-refractivity contribution in [1.29, 1.82) is 0 Å². The fourth-order valence-electron chi connectivity index (χ4n) is 1.21. The van der Waals surface area contributed by atoms with Gasteiger partial charge in [-0.05, 0) is 41.5 Å². The molecule has 2 amide bonds. The summed E-state index contributed by atoms with van der Waals surface area (Å²) in [5, 5.41) is 5.44. The van der Waals surface area contributed by atoms with Gasteiger partial charge in [0.2, 0.25) is 11.8 Å². The van der Waals surface area contributed by atoms with E-state index in [0.29, 0.717) is 13.2 Å². The average molecular weight is 288 g/mol. The number of carbonyl (C=O) groups excluding carboxylic acids is 2. The summed E-state index contributed by atoms with van der Waals surface area (Å²) in [4.78, 5) is 22.8. The first-order chi connectivity index (χ1) is 8.99. The van der Waals surface area contributed by atoms with Crippen LogP contribution in [-0.4, -0.2) is 49.3 Å². The van der Waals surface area contributed by atoms with Crippen molar-refractivity contribution in [3.63, 3.8) is 0 Å². The summed E-state index contributed by atoms with van der Waals surface area (Å²) in [7, 11) is 0. The van der Waals surface area contributed by atoms with Crippen LogP contribution < -0.4 is 10.6 Å². The van der Waals surface area contributed by atoms with Crippen molar-refractivity contribution in [2.24, 2.45) is 0 Å². The summed E-state index contributed by atoms with van der Waals surface area (Å²) in [6, 6.07) is 0. The first-order valence-corrected chi connectivity index (χ1v) is 6.79. The van der Waals surface area contributed by atoms with Crippen molar-refractivity contribution in [1.82, 2.24) is 10.6 Å². The van der Waals surface area contributed by atoms with Gasteiger partial charge in [-0.3, -0.25) is 9.59 Å². The first-order valence-electron chi connectivity index (χ1n) is 6.79. The minimum Gasteiger partial charge on any atom is -0.370 e. The minimum atomic E-state index is -0.334. The number of nitrogens with one attached hydrogen (secondary N) is 2. The SMILES string of the molecule is CC(C)(C)NC(=O)COCCNC(=O)COC(C)(C)C. The van der Waals surface area contributed by atoms with E-state index in [1.165, 1.54) is 0 Å². The second-order valence-corrected chi connectivity index (χ2v) is 6.60. The lowest BCUT2D eigenvalue weighted by Gasteiger charge is -2.20. The van der Waals surface area contributed by atoms with Crippen LogP contribution in [0.3, 0.4) is 0 Å². The summed E-state index contributed by atoms with van der Waals surface area (Å²) in [5.41, 5.74) is -0.599. The molecule has 0 unspecified atom stereocenters. The Kier molecular flexibility index (Phi) is 7.75. The largest absolute Gasteiger partial charge is 0.370 e. The number of rotatable bonds is 7. The Morgan fingerprint density at radius 1 is 0.950 bits per heavy atom. The van der Waals surface area contributed by atoms with Gasteiger partial charge in [0.25, 0.3) is 0 Å². The molecule has 118 valence electrons. The Bertz CT molecular complexity index is 316. The van der Waals surface area contributed by atoms with Crippen LogP contribution in [0.15, 0.2) is 0 Å². The molecule has 0 spiro atoms. The molecule has 0 rings (SSSR count). The van der Waals surface area contributed by atoms with E-state index in [4.69, 9.17) is 9.47 Å². The lowest BCUT2D eigenvalue weighted by Crippen LogP contribution is -2.42. The molecule has 0 saturated carbocycles. The van der Waals surface area contributed by atoms with E-state index in [9.17, 15) is 9.59 Å². The lowest BCUT2D eigenvalue weighted by molar-refractivity contribution is -0.130. The molecule has 20 heavy (non-hydrogen) atoms. The maximum Gasteiger partial charge on any atom is 0.246 e. The first kappa shape index (κ1) is 18.9. The number of carbonyl (C=O) groups is 2. The van der Waals surface area contributed by atoms with Crippen molar-refractivity contribution < 1.29 is 19.1 Å². The molecule has 0 radical (unpaired) electrons. The van der Waals surface area contributed by atoms with Gasteiger partial charge in [0.1, 0.15) is 13.2 Å². The maximum absolute atomic E-state index is 11.4. The Balaban J connectivity index is 3.58. The summed E-state index contributed by atoms with van der Waals surface area (Å²) in [6.45, 7) is 12.0. The van der Waals surface area contributed by atoms with Gasteiger partial charge in [-0.2, -0.15) is 0 Å². The Morgan fingerprint density at radius 2 is 1.55 bits per heavy atom. The van der Waals surface area contributed by atoms with Crippen molar-refractivity contribution in [2.45, 2.75) is 52.7 Å². The fraction of sp³-hybridized carbons (Fsp3) is 0.857. The molecule has 0 bridgehead atoms. The van der Waals surface area contributed by atoms with Crippen LogP contribution in [0.4, 0.5) is 0 Å². The molecule has 2 N–H and O–H groups in total. The Labute approximate surface area is 121 Å². The zero-order valence-electron chi connectivity index (χ0n) is 13.5. The van der Waals surface area contributed by atoms with E-state index in [-0.39, 0.29) is 36.2 Å². The molecule has 0 aromatic rings. The van der Waals surface area contributed by atoms with E-state index in [2.05, 4.69) is 10.6 Å². The highest BCUT2D eigenvalue weighted by Gasteiger charge is 2.14. The molecule has 6 heteroatoms. The molecule has 6 nitrogen and oxygen atoms in total. The van der Waals surface area contributed by atoms with Crippen LogP contribution in [0.2, 0.25) is 0 Å². The molecule has 0 aromatic heterocycles. The van der Waals surface area contributed by atoms with Crippen molar-refractivity contribution in [3.8, 4) is 0 Å². The van der Waals surface area contributed by atoms with Crippen LogP contribution in [0.5, 0.6) is 0 Å². The molecule has 0 aliphatic rings. The van der Waals surface area contributed by atoms with Crippen LogP contribution in [0, 0.1) is 0 Å². The molecular weight excluding hydrogens is 260 g/mol. The maximum atomic E-state index is 11.4. The van der Waals surface area contributed by atoms with E-state index >= 15 is 0 Å². The average Bonchev–Trinajstić information content (AvgIpc) is 2.22. The normalized spacial score (nSPS) is 12.1. The van der Waals surface area contributed by atoms with Gasteiger partial charge in [0, 0.05) is 12.1 Å². The lowest BCUT2D eigenvalue weighted by atomic mass is 10.1. The molecular formula is C14H28N2O4. The van der Waals surface area contributed by atoms with Crippen LogP contribution in [0.1, 0.15) is 41.5 Å². The third-order valence-corrected chi connectivity index (χ3v) is 1.95. The summed E-state index contributed by atoms with van der Waals surface area (Å²) in [6.07, 6.45) is 0. The van der Waals surface area contributed by atoms with Gasteiger partial charge in [0.05, 0.1) is 12.2 Å². The standard InChI is InChI=1S/C14H28N2O4/c1-13(2,3)16-12(18)9-19-8-7-15-11(17)10-20-14(4,5)6/h7-10H2,1-6H3,(H,15,17)(H,16,18). The summed E-state index contributed by atoms with van der Waals surface area (Å²) in [5.74, 6) is -0.359. The van der Waals surface area contributed by atoms with Crippen LogP contribution >= 0.6 is 0 Å². The second kappa shape index (κ2) is 8.21. The van der Waals surface area contributed by atoms with Crippen LogP contribution in [-0.2, 0) is 19.1 Å². The number of amides is 2. The van der Waals surface area contributed by atoms with Crippen molar-refractivity contribution in [2.75, 3.05) is 26.4 Å².